The first-order chi connectivity index (χ1) is 6.99. The van der Waals surface area contributed by atoms with Gasteiger partial charge in [0.1, 0.15) is 0 Å². The fourth-order valence-electron chi connectivity index (χ4n) is 2.11. The molecule has 1 fully saturated rings. The van der Waals surface area contributed by atoms with E-state index < -0.39 is 0 Å². The number of hydrogen-bond donors (Lipinski definition) is 1. The lowest BCUT2D eigenvalue weighted by Crippen LogP contribution is -2.52. The maximum absolute atomic E-state index is 5.73. The molecule has 1 saturated heterocycles. The number of ether oxygens (including phenoxy) is 1. The Labute approximate surface area is 94.2 Å². The van der Waals surface area contributed by atoms with Crippen LogP contribution in [0.25, 0.3) is 0 Å². The van der Waals surface area contributed by atoms with Crippen molar-refractivity contribution in [3.8, 4) is 0 Å². The van der Waals surface area contributed by atoms with Crippen LogP contribution in [-0.4, -0.2) is 48.8 Å². The summed E-state index contributed by atoms with van der Waals surface area (Å²) in [6, 6.07) is 1.17. The molecule has 1 aliphatic heterocycles. The lowest BCUT2D eigenvalue weighted by Gasteiger charge is -2.39. The first kappa shape index (κ1) is 12.9. The molecule has 0 bridgehead atoms. The van der Waals surface area contributed by atoms with Crippen molar-refractivity contribution in [2.75, 3.05) is 19.6 Å². The summed E-state index contributed by atoms with van der Waals surface area (Å²) in [7, 11) is 0. The molecule has 90 valence electrons. The predicted molar refractivity (Wildman–Crippen MR) is 64.2 cm³/mol. The molecule has 1 unspecified atom stereocenters. The van der Waals surface area contributed by atoms with E-state index in [9.17, 15) is 0 Å². The Morgan fingerprint density at radius 2 is 1.73 bits per heavy atom. The molecule has 0 aromatic rings. The highest BCUT2D eigenvalue weighted by atomic mass is 16.5. The van der Waals surface area contributed by atoms with E-state index in [4.69, 9.17) is 4.74 Å². The van der Waals surface area contributed by atoms with Crippen molar-refractivity contribution >= 4 is 0 Å². The van der Waals surface area contributed by atoms with Crippen molar-refractivity contribution < 1.29 is 4.74 Å². The number of nitrogens with zero attached hydrogens (tertiary/aromatic N) is 1. The Balaban J connectivity index is 2.34. The van der Waals surface area contributed by atoms with Gasteiger partial charge in [0, 0.05) is 31.7 Å². The first-order valence-corrected chi connectivity index (χ1v) is 6.12. The summed E-state index contributed by atoms with van der Waals surface area (Å²) in [5.41, 5.74) is 0. The van der Waals surface area contributed by atoms with Gasteiger partial charge in [-0.25, -0.2) is 0 Å². The molecule has 3 atom stereocenters. The van der Waals surface area contributed by atoms with Crippen molar-refractivity contribution in [2.24, 2.45) is 0 Å². The summed E-state index contributed by atoms with van der Waals surface area (Å²) in [6.45, 7) is 14.2. The zero-order valence-corrected chi connectivity index (χ0v) is 10.8. The third kappa shape index (κ3) is 4.49. The second kappa shape index (κ2) is 5.83. The molecule has 1 heterocycles. The molecular weight excluding hydrogens is 188 g/mol. The molecule has 3 heteroatoms. The Bertz CT molecular complexity index is 174. The van der Waals surface area contributed by atoms with Crippen LogP contribution in [0.5, 0.6) is 0 Å². The lowest BCUT2D eigenvalue weighted by molar-refractivity contribution is -0.0781. The molecular formula is C12H26N2O. The molecule has 0 spiro atoms. The van der Waals surface area contributed by atoms with Gasteiger partial charge in [0.05, 0.1) is 12.2 Å². The van der Waals surface area contributed by atoms with E-state index in [1.54, 1.807) is 0 Å². The van der Waals surface area contributed by atoms with Gasteiger partial charge < -0.3 is 10.1 Å². The number of hydrogen-bond acceptors (Lipinski definition) is 3. The van der Waals surface area contributed by atoms with Crippen LogP contribution in [0.4, 0.5) is 0 Å². The van der Waals surface area contributed by atoms with E-state index in [0.717, 1.165) is 19.6 Å². The molecule has 3 nitrogen and oxygen atoms in total. The van der Waals surface area contributed by atoms with Gasteiger partial charge in [0.25, 0.3) is 0 Å². The van der Waals surface area contributed by atoms with Crippen LogP contribution in [0.1, 0.15) is 34.6 Å². The summed E-state index contributed by atoms with van der Waals surface area (Å²) in [4.78, 5) is 2.52. The van der Waals surface area contributed by atoms with Crippen molar-refractivity contribution in [3.05, 3.63) is 0 Å². The maximum Gasteiger partial charge on any atom is 0.0678 e. The number of rotatable bonds is 4. The Morgan fingerprint density at radius 1 is 1.20 bits per heavy atom. The highest BCUT2D eigenvalue weighted by Gasteiger charge is 2.25. The zero-order chi connectivity index (χ0) is 11.4. The van der Waals surface area contributed by atoms with E-state index >= 15 is 0 Å². The predicted octanol–water partition coefficient (Wildman–Crippen LogP) is 1.48. The lowest BCUT2D eigenvalue weighted by atomic mass is 10.1. The molecule has 1 aliphatic rings. The molecule has 0 aliphatic carbocycles. The van der Waals surface area contributed by atoms with Crippen LogP contribution in [0.15, 0.2) is 0 Å². The van der Waals surface area contributed by atoms with E-state index in [-0.39, 0.29) is 0 Å². The van der Waals surface area contributed by atoms with Crippen LogP contribution in [-0.2, 0) is 4.74 Å². The van der Waals surface area contributed by atoms with Gasteiger partial charge in [-0.2, -0.15) is 0 Å². The van der Waals surface area contributed by atoms with Crippen LogP contribution in [0.3, 0.4) is 0 Å². The second-order valence-corrected chi connectivity index (χ2v) is 5.12. The summed E-state index contributed by atoms with van der Waals surface area (Å²) in [5.74, 6) is 0. The van der Waals surface area contributed by atoms with E-state index in [0.29, 0.717) is 24.3 Å². The van der Waals surface area contributed by atoms with Gasteiger partial charge in [-0.3, -0.25) is 4.90 Å². The fraction of sp³-hybridized carbons (Fsp3) is 1.00. The molecule has 1 rings (SSSR count). The Morgan fingerprint density at radius 3 is 2.20 bits per heavy atom. The number of nitrogens with one attached hydrogen (secondary N) is 1. The molecule has 0 amide bonds. The topological polar surface area (TPSA) is 24.5 Å². The van der Waals surface area contributed by atoms with Gasteiger partial charge in [0.15, 0.2) is 0 Å². The maximum atomic E-state index is 5.73. The summed E-state index contributed by atoms with van der Waals surface area (Å²) in [5, 5.41) is 3.49. The van der Waals surface area contributed by atoms with Crippen molar-refractivity contribution in [2.45, 2.75) is 58.9 Å². The van der Waals surface area contributed by atoms with E-state index in [1.807, 2.05) is 0 Å². The summed E-state index contributed by atoms with van der Waals surface area (Å²) in [6.07, 6.45) is 0.741. The van der Waals surface area contributed by atoms with Gasteiger partial charge in [-0.1, -0.05) is 13.8 Å². The average molecular weight is 214 g/mol. The van der Waals surface area contributed by atoms with Gasteiger partial charge in [0.2, 0.25) is 0 Å². The van der Waals surface area contributed by atoms with Crippen LogP contribution >= 0.6 is 0 Å². The highest BCUT2D eigenvalue weighted by molar-refractivity contribution is 4.79. The van der Waals surface area contributed by atoms with E-state index in [2.05, 4.69) is 44.8 Å². The Kier molecular flexibility index (Phi) is 5.03. The monoisotopic (exact) mass is 214 g/mol. The minimum absolute atomic E-state index is 0.371. The molecule has 1 N–H and O–H groups in total. The molecule has 0 radical (unpaired) electrons. The third-order valence-corrected chi connectivity index (χ3v) is 2.89. The van der Waals surface area contributed by atoms with Crippen molar-refractivity contribution in [1.29, 1.82) is 0 Å². The summed E-state index contributed by atoms with van der Waals surface area (Å²) >= 11 is 0. The normalized spacial score (nSPS) is 30.8. The SMILES string of the molecule is CC(C)NCC(C)N1C[C@@H](C)O[C@@H](C)C1. The van der Waals surface area contributed by atoms with Crippen LogP contribution in [0.2, 0.25) is 0 Å². The minimum atomic E-state index is 0.371. The summed E-state index contributed by atoms with van der Waals surface area (Å²) < 4.78 is 5.73. The van der Waals surface area contributed by atoms with Crippen molar-refractivity contribution in [1.82, 2.24) is 10.2 Å². The highest BCUT2D eigenvalue weighted by Crippen LogP contribution is 2.13. The quantitative estimate of drug-likeness (QED) is 0.767. The second-order valence-electron chi connectivity index (χ2n) is 5.12. The minimum Gasteiger partial charge on any atom is -0.373 e. The molecule has 15 heavy (non-hydrogen) atoms. The van der Waals surface area contributed by atoms with Crippen LogP contribution < -0.4 is 5.32 Å². The molecule has 0 aromatic carbocycles. The van der Waals surface area contributed by atoms with Gasteiger partial charge in [-0.15, -0.1) is 0 Å². The van der Waals surface area contributed by atoms with E-state index in [1.165, 1.54) is 0 Å². The van der Waals surface area contributed by atoms with Crippen LogP contribution in [0, 0.1) is 0 Å². The van der Waals surface area contributed by atoms with Gasteiger partial charge in [-0.05, 0) is 20.8 Å². The number of morpholine rings is 1. The molecule has 0 aromatic heterocycles. The first-order valence-electron chi connectivity index (χ1n) is 6.12. The zero-order valence-electron chi connectivity index (χ0n) is 10.8. The van der Waals surface area contributed by atoms with Gasteiger partial charge >= 0.3 is 0 Å². The standard InChI is InChI=1S/C12H26N2O/c1-9(2)13-6-10(3)14-7-11(4)15-12(5)8-14/h9-13H,6-8H2,1-5H3/t10?,11-,12+. The third-order valence-electron chi connectivity index (χ3n) is 2.89. The van der Waals surface area contributed by atoms with Crippen molar-refractivity contribution in [3.63, 3.8) is 0 Å². The fourth-order valence-corrected chi connectivity index (χ4v) is 2.11. The smallest absolute Gasteiger partial charge is 0.0678 e. The largest absolute Gasteiger partial charge is 0.373 e. The average Bonchev–Trinajstić information content (AvgIpc) is 2.12. The Hall–Kier alpha value is -0.120. The molecule has 0 saturated carbocycles.